The Morgan fingerprint density at radius 2 is 1.69 bits per heavy atom. The summed E-state index contributed by atoms with van der Waals surface area (Å²) in [5.41, 5.74) is 3.55. The number of hydrogen-bond acceptors (Lipinski definition) is 6. The number of thiophene rings is 1. The van der Waals surface area contributed by atoms with Crippen molar-refractivity contribution in [3.05, 3.63) is 112 Å². The number of carbonyl (C=O) groups excluding carboxylic acids is 2. The van der Waals surface area contributed by atoms with Gasteiger partial charge in [-0.15, -0.1) is 23.1 Å². The minimum absolute atomic E-state index is 0.00911. The SMILES string of the molecule is CCOC(=O)Cc1c(C(=O)c2ccccc2)sc(SCc2ccccc2C#N)c1-[n+]1ccccc1. The number of esters is 1. The van der Waals surface area contributed by atoms with Crippen molar-refractivity contribution in [1.82, 2.24) is 0 Å². The molecular weight excluding hydrogens is 476 g/mol. The summed E-state index contributed by atoms with van der Waals surface area (Å²) >= 11 is 2.93. The Kier molecular flexibility index (Phi) is 8.09. The van der Waals surface area contributed by atoms with Gasteiger partial charge in [-0.1, -0.05) is 54.6 Å². The van der Waals surface area contributed by atoms with E-state index in [1.165, 1.54) is 11.3 Å². The monoisotopic (exact) mass is 499 g/mol. The maximum Gasteiger partial charge on any atom is 0.310 e. The van der Waals surface area contributed by atoms with E-state index in [0.717, 1.165) is 15.5 Å². The predicted molar refractivity (Wildman–Crippen MR) is 137 cm³/mol. The fourth-order valence-corrected chi connectivity index (χ4v) is 6.24. The Balaban J connectivity index is 1.84. The summed E-state index contributed by atoms with van der Waals surface area (Å²) in [5, 5.41) is 9.49. The molecule has 0 aliphatic carbocycles. The Morgan fingerprint density at radius 3 is 2.40 bits per heavy atom. The quantitative estimate of drug-likeness (QED) is 0.131. The first kappa shape index (κ1) is 24.4. The van der Waals surface area contributed by atoms with Crippen LogP contribution >= 0.6 is 23.1 Å². The van der Waals surface area contributed by atoms with Crippen molar-refractivity contribution < 1.29 is 18.9 Å². The van der Waals surface area contributed by atoms with Crippen LogP contribution in [0.5, 0.6) is 0 Å². The van der Waals surface area contributed by atoms with Gasteiger partial charge in [0.05, 0.1) is 35.1 Å². The van der Waals surface area contributed by atoms with Crippen molar-refractivity contribution in [3.63, 3.8) is 0 Å². The van der Waals surface area contributed by atoms with E-state index in [2.05, 4.69) is 6.07 Å². The Labute approximate surface area is 212 Å². The minimum Gasteiger partial charge on any atom is -0.466 e. The highest BCUT2D eigenvalue weighted by Gasteiger charge is 2.31. The van der Waals surface area contributed by atoms with E-state index in [4.69, 9.17) is 4.74 Å². The van der Waals surface area contributed by atoms with Crippen molar-refractivity contribution >= 4 is 34.9 Å². The fraction of sp³-hybridized carbons (Fsp3) is 0.143. The van der Waals surface area contributed by atoms with Crippen LogP contribution in [-0.2, 0) is 21.7 Å². The van der Waals surface area contributed by atoms with Crippen molar-refractivity contribution in [1.29, 1.82) is 5.26 Å². The van der Waals surface area contributed by atoms with E-state index in [1.54, 1.807) is 36.9 Å². The molecule has 0 aliphatic rings. The van der Waals surface area contributed by atoms with Gasteiger partial charge in [0.2, 0.25) is 11.5 Å². The first-order valence-corrected chi connectivity index (χ1v) is 12.9. The van der Waals surface area contributed by atoms with Crippen LogP contribution < -0.4 is 4.57 Å². The molecule has 0 atom stereocenters. The van der Waals surface area contributed by atoms with Crippen LogP contribution in [0.4, 0.5) is 0 Å². The Hall–Kier alpha value is -3.73. The van der Waals surface area contributed by atoms with Gasteiger partial charge < -0.3 is 4.74 Å². The van der Waals surface area contributed by atoms with E-state index < -0.39 is 0 Å². The second kappa shape index (κ2) is 11.6. The highest BCUT2D eigenvalue weighted by atomic mass is 32.2. The predicted octanol–water partition coefficient (Wildman–Crippen LogP) is 5.53. The van der Waals surface area contributed by atoms with Gasteiger partial charge >= 0.3 is 5.97 Å². The van der Waals surface area contributed by atoms with Crippen molar-refractivity contribution in [2.75, 3.05) is 6.61 Å². The Morgan fingerprint density at radius 1 is 1.00 bits per heavy atom. The molecular formula is C28H23N2O3S2+. The zero-order valence-corrected chi connectivity index (χ0v) is 20.8. The number of aromatic nitrogens is 1. The van der Waals surface area contributed by atoms with Gasteiger partial charge in [0.15, 0.2) is 12.4 Å². The molecule has 2 heterocycles. The molecule has 35 heavy (non-hydrogen) atoms. The van der Waals surface area contributed by atoms with Crippen molar-refractivity contribution in [3.8, 4) is 11.8 Å². The third-order valence-corrected chi connectivity index (χ3v) is 7.82. The summed E-state index contributed by atoms with van der Waals surface area (Å²) in [7, 11) is 0. The number of hydrogen-bond donors (Lipinski definition) is 0. The van der Waals surface area contributed by atoms with E-state index in [-0.39, 0.29) is 24.8 Å². The van der Waals surface area contributed by atoms with Crippen LogP contribution in [-0.4, -0.2) is 18.4 Å². The fourth-order valence-electron chi connectivity index (χ4n) is 3.66. The van der Waals surface area contributed by atoms with Crippen LogP contribution in [0.25, 0.3) is 5.69 Å². The number of rotatable bonds is 9. The number of ether oxygens (including phenoxy) is 1. The van der Waals surface area contributed by atoms with Crippen LogP contribution in [0.15, 0.2) is 89.4 Å². The molecule has 5 nitrogen and oxygen atoms in total. The second-order valence-corrected chi connectivity index (χ2v) is 9.83. The molecule has 2 aromatic carbocycles. The van der Waals surface area contributed by atoms with Crippen molar-refractivity contribution in [2.24, 2.45) is 0 Å². The number of thioether (sulfide) groups is 1. The molecule has 0 fully saturated rings. The molecule has 174 valence electrons. The number of nitriles is 1. The smallest absolute Gasteiger partial charge is 0.310 e. The van der Waals surface area contributed by atoms with Gasteiger partial charge in [-0.3, -0.25) is 9.59 Å². The molecule has 0 spiro atoms. The molecule has 0 amide bonds. The molecule has 0 saturated heterocycles. The highest BCUT2D eigenvalue weighted by molar-refractivity contribution is 8.00. The highest BCUT2D eigenvalue weighted by Crippen LogP contribution is 2.40. The van der Waals surface area contributed by atoms with E-state index in [0.29, 0.717) is 27.3 Å². The van der Waals surface area contributed by atoms with Gasteiger partial charge in [0.1, 0.15) is 4.21 Å². The van der Waals surface area contributed by atoms with Gasteiger partial charge in [-0.2, -0.15) is 9.83 Å². The zero-order valence-electron chi connectivity index (χ0n) is 19.1. The summed E-state index contributed by atoms with van der Waals surface area (Å²) in [5.74, 6) is 0.0520. The van der Waals surface area contributed by atoms with E-state index >= 15 is 0 Å². The molecule has 0 bridgehead atoms. The lowest BCUT2D eigenvalue weighted by Crippen LogP contribution is -2.31. The molecule has 0 aliphatic heterocycles. The number of ketones is 1. The largest absolute Gasteiger partial charge is 0.466 e. The Bertz CT molecular complexity index is 1380. The summed E-state index contributed by atoms with van der Waals surface area (Å²) < 4.78 is 8.08. The number of carbonyl (C=O) groups is 2. The van der Waals surface area contributed by atoms with Crippen LogP contribution in [0, 0.1) is 11.3 Å². The maximum absolute atomic E-state index is 13.6. The summed E-state index contributed by atoms with van der Waals surface area (Å²) in [6.07, 6.45) is 3.80. The number of nitrogens with zero attached hydrogens (tertiary/aromatic N) is 2. The summed E-state index contributed by atoms with van der Waals surface area (Å²) in [4.78, 5) is 26.7. The minimum atomic E-state index is -0.378. The average Bonchev–Trinajstić information content (AvgIpc) is 3.26. The standard InChI is InChI=1S/C28H23N2O3S2/c1-2-33-24(31)17-23-25(30-15-9-4-10-16-30)28(34-19-22-14-8-7-13-21(22)18-29)35-27(23)26(32)20-11-5-3-6-12-20/h3-16H,2,17,19H2,1H3/q+1. The summed E-state index contributed by atoms with van der Waals surface area (Å²) in [6, 6.07) is 24.5. The second-order valence-electron chi connectivity index (χ2n) is 7.56. The van der Waals surface area contributed by atoms with Gasteiger partial charge in [-0.05, 0) is 18.6 Å². The lowest BCUT2D eigenvalue weighted by Gasteiger charge is -2.06. The lowest BCUT2D eigenvalue weighted by atomic mass is 10.0. The van der Waals surface area contributed by atoms with Crippen LogP contribution in [0.2, 0.25) is 0 Å². The molecule has 2 aromatic heterocycles. The third-order valence-electron chi connectivity index (χ3n) is 5.29. The average molecular weight is 500 g/mol. The normalized spacial score (nSPS) is 10.5. The van der Waals surface area contributed by atoms with Crippen molar-refractivity contribution in [2.45, 2.75) is 23.3 Å². The molecule has 0 N–H and O–H groups in total. The van der Waals surface area contributed by atoms with E-state index in [9.17, 15) is 14.9 Å². The molecule has 7 heteroatoms. The van der Waals surface area contributed by atoms with Crippen LogP contribution in [0.1, 0.15) is 38.8 Å². The molecule has 0 unspecified atom stereocenters. The maximum atomic E-state index is 13.6. The third kappa shape index (κ3) is 5.68. The first-order valence-electron chi connectivity index (χ1n) is 11.1. The van der Waals surface area contributed by atoms with E-state index in [1.807, 2.05) is 71.6 Å². The molecule has 0 saturated carbocycles. The summed E-state index contributed by atoms with van der Waals surface area (Å²) in [6.45, 7) is 2.04. The molecule has 4 aromatic rings. The van der Waals surface area contributed by atoms with Gasteiger partial charge in [0.25, 0.3) is 0 Å². The zero-order chi connectivity index (χ0) is 24.6. The molecule has 0 radical (unpaired) electrons. The van der Waals surface area contributed by atoms with Gasteiger partial charge in [-0.25, -0.2) is 0 Å². The molecule has 4 rings (SSSR count). The number of pyridine rings is 1. The first-order chi connectivity index (χ1) is 17.1. The topological polar surface area (TPSA) is 71.0 Å². The number of benzene rings is 2. The lowest BCUT2D eigenvalue weighted by molar-refractivity contribution is -0.598. The van der Waals surface area contributed by atoms with Gasteiger partial charge in [0, 0.05) is 23.4 Å². The van der Waals surface area contributed by atoms with Crippen LogP contribution in [0.3, 0.4) is 0 Å².